The number of ether oxygens (including phenoxy) is 1. The van der Waals surface area contributed by atoms with Crippen LogP contribution in [0.1, 0.15) is 50.8 Å². The first kappa shape index (κ1) is 24.7. The fourth-order valence-electron chi connectivity index (χ4n) is 4.84. The number of pyridine rings is 1. The summed E-state index contributed by atoms with van der Waals surface area (Å²) in [4.78, 5) is 26.6. The normalized spacial score (nSPS) is 19.4. The lowest BCUT2D eigenvalue weighted by Crippen LogP contribution is -2.52. The number of halogens is 1. The average Bonchev–Trinajstić information content (AvgIpc) is 2.80. The molecule has 0 radical (unpaired) electrons. The maximum absolute atomic E-state index is 13.6. The number of rotatable bonds is 6. The highest BCUT2D eigenvalue weighted by Crippen LogP contribution is 2.42. The molecule has 184 valence electrons. The standard InChI is InChI=1S/C28H32FN3O3/c1-19(20-5-7-21(8-6-20)22-9-14-25(33)31(4)17-22)32-16-15-28(35-26(32)34,18-27(2,3)30)23-10-12-24(29)13-11-23/h5-14,17,19H,15-16,18,30H2,1-4H3/t19-,28-/m0/s1. The van der Waals surface area contributed by atoms with Gasteiger partial charge in [0.05, 0.1) is 6.04 Å². The van der Waals surface area contributed by atoms with E-state index in [0.717, 1.165) is 22.3 Å². The Bertz CT molecular complexity index is 1260. The summed E-state index contributed by atoms with van der Waals surface area (Å²) in [5.41, 5.74) is 8.43. The predicted molar refractivity (Wildman–Crippen MR) is 134 cm³/mol. The third kappa shape index (κ3) is 5.30. The van der Waals surface area contributed by atoms with Gasteiger partial charge in [0, 0.05) is 44.2 Å². The van der Waals surface area contributed by atoms with E-state index in [1.807, 2.05) is 45.0 Å². The summed E-state index contributed by atoms with van der Waals surface area (Å²) in [6.07, 6.45) is 2.36. The molecule has 2 atom stereocenters. The van der Waals surface area contributed by atoms with E-state index in [2.05, 4.69) is 0 Å². The lowest BCUT2D eigenvalue weighted by Gasteiger charge is -2.45. The van der Waals surface area contributed by atoms with Gasteiger partial charge in [-0.2, -0.15) is 0 Å². The van der Waals surface area contributed by atoms with Crippen LogP contribution in [0.25, 0.3) is 11.1 Å². The van der Waals surface area contributed by atoms with Crippen LogP contribution in [0.3, 0.4) is 0 Å². The van der Waals surface area contributed by atoms with E-state index in [9.17, 15) is 14.0 Å². The summed E-state index contributed by atoms with van der Waals surface area (Å²) in [6, 6.07) is 17.2. The Hall–Kier alpha value is -3.45. The van der Waals surface area contributed by atoms with Gasteiger partial charge in [0.15, 0.2) is 0 Å². The number of hydrogen-bond acceptors (Lipinski definition) is 4. The van der Waals surface area contributed by atoms with Crippen molar-refractivity contribution in [2.24, 2.45) is 12.8 Å². The molecule has 1 aliphatic heterocycles. The number of amides is 1. The molecule has 2 N–H and O–H groups in total. The summed E-state index contributed by atoms with van der Waals surface area (Å²) in [7, 11) is 1.72. The van der Waals surface area contributed by atoms with E-state index in [-0.39, 0.29) is 17.4 Å². The number of carbonyl (C=O) groups is 1. The number of hydrogen-bond donors (Lipinski definition) is 1. The predicted octanol–water partition coefficient (Wildman–Crippen LogP) is 5.12. The number of cyclic esters (lactones) is 1. The molecule has 1 aromatic heterocycles. The van der Waals surface area contributed by atoms with Gasteiger partial charge in [0.25, 0.3) is 0 Å². The Morgan fingerprint density at radius 2 is 1.66 bits per heavy atom. The van der Waals surface area contributed by atoms with E-state index in [1.54, 1.807) is 47.0 Å². The fourth-order valence-corrected chi connectivity index (χ4v) is 4.84. The molecule has 4 rings (SSSR count). The third-order valence-corrected chi connectivity index (χ3v) is 6.66. The van der Waals surface area contributed by atoms with Crippen molar-refractivity contribution < 1.29 is 13.9 Å². The van der Waals surface area contributed by atoms with Gasteiger partial charge in [0.1, 0.15) is 11.4 Å². The van der Waals surface area contributed by atoms with Gasteiger partial charge in [-0.3, -0.25) is 4.79 Å². The highest BCUT2D eigenvalue weighted by Gasteiger charge is 2.45. The molecule has 2 aromatic carbocycles. The topological polar surface area (TPSA) is 77.6 Å². The molecule has 0 aliphatic carbocycles. The van der Waals surface area contributed by atoms with Gasteiger partial charge in [-0.1, -0.05) is 36.4 Å². The Morgan fingerprint density at radius 1 is 1.03 bits per heavy atom. The SMILES string of the molecule is C[C@@H](c1ccc(-c2ccc(=O)n(C)c2)cc1)N1CC[C@](CC(C)(C)N)(c2ccc(F)cc2)OC1=O. The minimum absolute atomic E-state index is 0.0580. The van der Waals surface area contributed by atoms with Crippen LogP contribution in [0.4, 0.5) is 9.18 Å². The largest absolute Gasteiger partial charge is 0.438 e. The fraction of sp³-hybridized carbons (Fsp3) is 0.357. The Morgan fingerprint density at radius 3 is 2.23 bits per heavy atom. The van der Waals surface area contributed by atoms with Crippen molar-refractivity contribution in [3.63, 3.8) is 0 Å². The van der Waals surface area contributed by atoms with Crippen molar-refractivity contribution in [2.45, 2.75) is 50.8 Å². The van der Waals surface area contributed by atoms with Gasteiger partial charge in [-0.05, 0) is 61.2 Å². The van der Waals surface area contributed by atoms with E-state index >= 15 is 0 Å². The van der Waals surface area contributed by atoms with Gasteiger partial charge < -0.3 is 19.9 Å². The lowest BCUT2D eigenvalue weighted by molar-refractivity contribution is -0.0739. The molecule has 1 fully saturated rings. The van der Waals surface area contributed by atoms with E-state index < -0.39 is 17.2 Å². The molecule has 7 heteroatoms. The first-order valence-electron chi connectivity index (χ1n) is 11.8. The molecule has 0 bridgehead atoms. The van der Waals surface area contributed by atoms with Gasteiger partial charge in [-0.15, -0.1) is 0 Å². The number of nitrogens with two attached hydrogens (primary N) is 1. The molecule has 1 aliphatic rings. The number of aromatic nitrogens is 1. The number of carbonyl (C=O) groups excluding carboxylic acids is 1. The summed E-state index contributed by atoms with van der Waals surface area (Å²) < 4.78 is 21.2. The minimum Gasteiger partial charge on any atom is -0.438 e. The summed E-state index contributed by atoms with van der Waals surface area (Å²) in [6.45, 7) is 6.25. The zero-order chi connectivity index (χ0) is 25.4. The molecular weight excluding hydrogens is 445 g/mol. The van der Waals surface area contributed by atoms with Gasteiger partial charge in [-0.25, -0.2) is 9.18 Å². The first-order chi connectivity index (χ1) is 16.5. The molecule has 0 unspecified atom stereocenters. The van der Waals surface area contributed by atoms with Crippen molar-refractivity contribution in [3.8, 4) is 11.1 Å². The second-order valence-corrected chi connectivity index (χ2v) is 10.1. The van der Waals surface area contributed by atoms with Crippen LogP contribution in [-0.2, 0) is 17.4 Å². The lowest BCUT2D eigenvalue weighted by atomic mass is 9.79. The number of nitrogens with zero attached hydrogens (tertiary/aromatic N) is 2. The molecule has 0 saturated carbocycles. The zero-order valence-electron chi connectivity index (χ0n) is 20.6. The Kier molecular flexibility index (Phi) is 6.56. The van der Waals surface area contributed by atoms with Crippen molar-refractivity contribution in [1.29, 1.82) is 0 Å². The smallest absolute Gasteiger partial charge is 0.411 e. The molecule has 3 aromatic rings. The summed E-state index contributed by atoms with van der Waals surface area (Å²) >= 11 is 0. The molecule has 1 saturated heterocycles. The summed E-state index contributed by atoms with van der Waals surface area (Å²) in [5, 5.41) is 0. The van der Waals surface area contributed by atoms with Crippen molar-refractivity contribution in [1.82, 2.24) is 9.47 Å². The third-order valence-electron chi connectivity index (χ3n) is 6.66. The zero-order valence-corrected chi connectivity index (χ0v) is 20.6. The average molecular weight is 478 g/mol. The molecular formula is C28H32FN3O3. The monoisotopic (exact) mass is 477 g/mol. The van der Waals surface area contributed by atoms with Gasteiger partial charge >= 0.3 is 6.09 Å². The summed E-state index contributed by atoms with van der Waals surface area (Å²) in [5.74, 6) is -0.338. The van der Waals surface area contributed by atoms with Crippen LogP contribution in [0.2, 0.25) is 0 Å². The highest BCUT2D eigenvalue weighted by molar-refractivity contribution is 5.70. The van der Waals surface area contributed by atoms with Crippen LogP contribution in [-0.4, -0.2) is 27.6 Å². The van der Waals surface area contributed by atoms with Crippen molar-refractivity contribution >= 4 is 6.09 Å². The van der Waals surface area contributed by atoms with Crippen molar-refractivity contribution in [3.05, 3.63) is 94.2 Å². The van der Waals surface area contributed by atoms with E-state index in [1.165, 1.54) is 12.1 Å². The van der Waals surface area contributed by atoms with Crippen LogP contribution < -0.4 is 11.3 Å². The highest BCUT2D eigenvalue weighted by atomic mass is 19.1. The van der Waals surface area contributed by atoms with Crippen LogP contribution in [0.5, 0.6) is 0 Å². The minimum atomic E-state index is -0.910. The Labute approximate surface area is 205 Å². The van der Waals surface area contributed by atoms with Crippen LogP contribution in [0, 0.1) is 5.82 Å². The number of aryl methyl sites for hydroxylation is 1. The maximum atomic E-state index is 13.6. The quantitative estimate of drug-likeness (QED) is 0.535. The molecule has 0 spiro atoms. The Balaban J connectivity index is 1.54. The molecule has 2 heterocycles. The molecule has 6 nitrogen and oxygen atoms in total. The number of benzene rings is 2. The van der Waals surface area contributed by atoms with E-state index in [0.29, 0.717) is 19.4 Å². The van der Waals surface area contributed by atoms with Crippen LogP contribution in [0.15, 0.2) is 71.7 Å². The van der Waals surface area contributed by atoms with Crippen molar-refractivity contribution in [2.75, 3.05) is 6.54 Å². The molecule has 35 heavy (non-hydrogen) atoms. The first-order valence-corrected chi connectivity index (χ1v) is 11.8. The molecule has 1 amide bonds. The second-order valence-electron chi connectivity index (χ2n) is 10.1. The van der Waals surface area contributed by atoms with Gasteiger partial charge in [0.2, 0.25) is 5.56 Å². The second kappa shape index (κ2) is 9.30. The van der Waals surface area contributed by atoms with E-state index in [4.69, 9.17) is 10.5 Å². The maximum Gasteiger partial charge on any atom is 0.411 e. The van der Waals surface area contributed by atoms with Crippen LogP contribution >= 0.6 is 0 Å².